The fourth-order valence-corrected chi connectivity index (χ4v) is 1.46. The molecule has 0 atom stereocenters. The summed E-state index contributed by atoms with van der Waals surface area (Å²) in [7, 11) is 0. The molecule has 1 aromatic carbocycles. The minimum Gasteiger partial charge on any atom is -0.437 e. The van der Waals surface area contributed by atoms with E-state index in [4.69, 9.17) is 22.1 Å². The minimum atomic E-state index is -0.443. The molecule has 0 amide bonds. The Bertz CT molecular complexity index is 567. The Morgan fingerprint density at radius 3 is 2.88 bits per heavy atom. The molecule has 0 aliphatic carbocycles. The van der Waals surface area contributed by atoms with Gasteiger partial charge in [-0.3, -0.25) is 0 Å². The molecule has 0 bridgehead atoms. The lowest BCUT2D eigenvalue weighted by molar-refractivity contribution is 0.459. The van der Waals surface area contributed by atoms with E-state index in [0.717, 1.165) is 0 Å². The van der Waals surface area contributed by atoms with Crippen molar-refractivity contribution in [2.45, 2.75) is 0 Å². The third-order valence-electron chi connectivity index (χ3n) is 1.86. The van der Waals surface area contributed by atoms with Crippen molar-refractivity contribution < 1.29 is 9.13 Å². The maximum Gasteiger partial charge on any atom is 0.247 e. The van der Waals surface area contributed by atoms with Gasteiger partial charge in [0.15, 0.2) is 0 Å². The molecule has 17 heavy (non-hydrogen) atoms. The molecule has 0 unspecified atom stereocenters. The van der Waals surface area contributed by atoms with Crippen LogP contribution in [0, 0.1) is 5.82 Å². The average Bonchev–Trinajstić information content (AvgIpc) is 2.29. The molecule has 2 aromatic rings. The summed E-state index contributed by atoms with van der Waals surface area (Å²) in [6, 6.07) is 4.30. The molecule has 0 fully saturated rings. The van der Waals surface area contributed by atoms with E-state index in [1.807, 2.05) is 0 Å². The fourth-order valence-electron chi connectivity index (χ4n) is 1.09. The Morgan fingerprint density at radius 2 is 2.18 bits per heavy atom. The highest BCUT2D eigenvalue weighted by Crippen LogP contribution is 2.28. The van der Waals surface area contributed by atoms with Crippen LogP contribution in [0.2, 0.25) is 5.28 Å². The van der Waals surface area contributed by atoms with E-state index in [-0.39, 0.29) is 22.6 Å². The number of halogens is 3. The Labute approximate surface area is 110 Å². The van der Waals surface area contributed by atoms with Crippen LogP contribution in [0.3, 0.4) is 0 Å². The van der Waals surface area contributed by atoms with Crippen molar-refractivity contribution in [3.63, 3.8) is 0 Å². The van der Waals surface area contributed by atoms with E-state index < -0.39 is 5.82 Å². The van der Waals surface area contributed by atoms with Crippen LogP contribution in [0.1, 0.15) is 0 Å². The van der Waals surface area contributed by atoms with Crippen LogP contribution in [-0.4, -0.2) is 9.97 Å². The molecule has 0 spiro atoms. The van der Waals surface area contributed by atoms with Gasteiger partial charge in [0.2, 0.25) is 11.2 Å². The molecule has 1 aromatic heterocycles. The number of rotatable bonds is 2. The van der Waals surface area contributed by atoms with Gasteiger partial charge in [0, 0.05) is 6.07 Å². The van der Waals surface area contributed by atoms with Gasteiger partial charge >= 0.3 is 0 Å². The van der Waals surface area contributed by atoms with Crippen molar-refractivity contribution in [2.24, 2.45) is 0 Å². The SMILES string of the molecule is Nc1cnc(Cl)nc1Oc1ccc(Br)c(F)c1. The summed E-state index contributed by atoms with van der Waals surface area (Å²) in [4.78, 5) is 7.47. The standard InChI is InChI=1S/C10H6BrClFN3O/c11-6-2-1-5(3-7(6)13)17-9-8(14)4-15-10(12)16-9/h1-4H,14H2. The van der Waals surface area contributed by atoms with Crippen LogP contribution in [-0.2, 0) is 0 Å². The van der Waals surface area contributed by atoms with Gasteiger partial charge < -0.3 is 10.5 Å². The first-order valence-electron chi connectivity index (χ1n) is 4.47. The number of aromatic nitrogens is 2. The summed E-state index contributed by atoms with van der Waals surface area (Å²) in [6.45, 7) is 0. The second-order valence-corrected chi connectivity index (χ2v) is 4.27. The Kier molecular flexibility index (Phi) is 3.44. The van der Waals surface area contributed by atoms with Crippen molar-refractivity contribution in [1.82, 2.24) is 9.97 Å². The fraction of sp³-hybridized carbons (Fsp3) is 0. The summed E-state index contributed by atoms with van der Waals surface area (Å²) in [5, 5.41) is 0.00628. The second-order valence-electron chi connectivity index (χ2n) is 3.08. The largest absolute Gasteiger partial charge is 0.437 e. The number of hydrogen-bond acceptors (Lipinski definition) is 4. The van der Waals surface area contributed by atoms with Crippen molar-refractivity contribution in [1.29, 1.82) is 0 Å². The molecule has 0 radical (unpaired) electrons. The highest BCUT2D eigenvalue weighted by Gasteiger charge is 2.08. The predicted molar refractivity (Wildman–Crippen MR) is 65.6 cm³/mol. The lowest BCUT2D eigenvalue weighted by atomic mass is 10.3. The Balaban J connectivity index is 2.31. The number of hydrogen-bond donors (Lipinski definition) is 1. The lowest BCUT2D eigenvalue weighted by Crippen LogP contribution is -1.97. The van der Waals surface area contributed by atoms with Crippen molar-refractivity contribution in [3.05, 3.63) is 40.0 Å². The highest BCUT2D eigenvalue weighted by atomic mass is 79.9. The van der Waals surface area contributed by atoms with Crippen LogP contribution in [0.15, 0.2) is 28.9 Å². The van der Waals surface area contributed by atoms with Gasteiger partial charge in [0.25, 0.3) is 0 Å². The first-order chi connectivity index (χ1) is 8.06. The van der Waals surface area contributed by atoms with Crippen LogP contribution in [0.4, 0.5) is 10.1 Å². The zero-order valence-corrected chi connectivity index (χ0v) is 10.7. The van der Waals surface area contributed by atoms with Crippen LogP contribution < -0.4 is 10.5 Å². The summed E-state index contributed by atoms with van der Waals surface area (Å²) < 4.78 is 18.9. The number of nitrogens with zero attached hydrogens (tertiary/aromatic N) is 2. The summed E-state index contributed by atoms with van der Waals surface area (Å²) >= 11 is 8.64. The number of benzene rings is 1. The predicted octanol–water partition coefficient (Wildman–Crippen LogP) is 3.41. The normalized spacial score (nSPS) is 10.3. The number of ether oxygens (including phenoxy) is 1. The molecule has 7 heteroatoms. The smallest absolute Gasteiger partial charge is 0.247 e. The molecule has 2 rings (SSSR count). The van der Waals surface area contributed by atoms with E-state index in [1.165, 1.54) is 18.3 Å². The van der Waals surface area contributed by atoms with Gasteiger partial charge in [-0.2, -0.15) is 4.98 Å². The van der Waals surface area contributed by atoms with Crippen molar-refractivity contribution in [2.75, 3.05) is 5.73 Å². The van der Waals surface area contributed by atoms with E-state index in [0.29, 0.717) is 4.47 Å². The molecular formula is C10H6BrClFN3O. The minimum absolute atomic E-state index is 0.00628. The highest BCUT2D eigenvalue weighted by molar-refractivity contribution is 9.10. The van der Waals surface area contributed by atoms with Gasteiger partial charge in [-0.1, -0.05) is 0 Å². The summed E-state index contributed by atoms with van der Waals surface area (Å²) in [6.07, 6.45) is 1.32. The quantitative estimate of drug-likeness (QED) is 0.862. The molecular weight excluding hydrogens is 312 g/mol. The monoisotopic (exact) mass is 317 g/mol. The van der Waals surface area contributed by atoms with E-state index in [1.54, 1.807) is 6.07 Å². The summed E-state index contributed by atoms with van der Waals surface area (Å²) in [5.41, 5.74) is 5.81. The number of anilines is 1. The molecule has 0 saturated carbocycles. The Morgan fingerprint density at radius 1 is 1.41 bits per heavy atom. The Hall–Kier alpha value is -1.40. The van der Waals surface area contributed by atoms with Gasteiger partial charge in [-0.15, -0.1) is 0 Å². The van der Waals surface area contributed by atoms with Crippen LogP contribution in [0.25, 0.3) is 0 Å². The van der Waals surface area contributed by atoms with Crippen LogP contribution in [0.5, 0.6) is 11.6 Å². The van der Waals surface area contributed by atoms with Crippen molar-refractivity contribution in [3.8, 4) is 11.6 Å². The first kappa shape index (κ1) is 12.1. The average molecular weight is 319 g/mol. The zero-order chi connectivity index (χ0) is 12.4. The van der Waals surface area contributed by atoms with E-state index in [2.05, 4.69) is 25.9 Å². The second kappa shape index (κ2) is 4.85. The van der Waals surface area contributed by atoms with Gasteiger partial charge in [0.1, 0.15) is 17.3 Å². The zero-order valence-electron chi connectivity index (χ0n) is 8.32. The number of nitrogens with two attached hydrogens (primary N) is 1. The van der Waals surface area contributed by atoms with Crippen molar-refractivity contribution >= 4 is 33.2 Å². The third kappa shape index (κ3) is 2.83. The molecule has 4 nitrogen and oxygen atoms in total. The van der Waals surface area contributed by atoms with E-state index >= 15 is 0 Å². The molecule has 0 aliphatic rings. The molecule has 0 aliphatic heterocycles. The molecule has 0 saturated heterocycles. The molecule has 88 valence electrons. The van der Waals surface area contributed by atoms with Gasteiger partial charge in [0.05, 0.1) is 10.7 Å². The van der Waals surface area contributed by atoms with E-state index in [9.17, 15) is 4.39 Å². The van der Waals surface area contributed by atoms with Gasteiger partial charge in [-0.05, 0) is 39.7 Å². The lowest BCUT2D eigenvalue weighted by Gasteiger charge is -2.07. The first-order valence-corrected chi connectivity index (χ1v) is 5.64. The third-order valence-corrected chi connectivity index (χ3v) is 2.68. The maximum absolute atomic E-state index is 13.2. The van der Waals surface area contributed by atoms with Gasteiger partial charge in [-0.25, -0.2) is 9.37 Å². The van der Waals surface area contributed by atoms with Crippen LogP contribution >= 0.6 is 27.5 Å². The maximum atomic E-state index is 13.2. The number of nitrogen functional groups attached to an aromatic ring is 1. The molecule has 2 N–H and O–H groups in total. The molecule has 1 heterocycles. The topological polar surface area (TPSA) is 61.0 Å². The summed E-state index contributed by atoms with van der Waals surface area (Å²) in [5.74, 6) is -0.0832.